The molecule has 0 bridgehead atoms. The third-order valence-corrected chi connectivity index (χ3v) is 4.29. The van der Waals surface area contributed by atoms with Gasteiger partial charge < -0.3 is 15.0 Å². The van der Waals surface area contributed by atoms with Crippen molar-refractivity contribution in [3.63, 3.8) is 0 Å². The van der Waals surface area contributed by atoms with Crippen LogP contribution in [-0.4, -0.2) is 38.1 Å². The van der Waals surface area contributed by atoms with Crippen molar-refractivity contribution in [3.05, 3.63) is 65.7 Å². The van der Waals surface area contributed by atoms with Crippen molar-refractivity contribution in [1.29, 1.82) is 0 Å². The van der Waals surface area contributed by atoms with Crippen molar-refractivity contribution in [3.8, 4) is 5.75 Å². The standard InChI is InChI=1S/C21H28N2O2/c1-17(15-22-2)21(24)23(16-19-7-5-4-6-8-19)14-13-18-9-11-20(25-3)12-10-18/h4-12,17,22H,13-16H2,1-3H3. The molecule has 2 aromatic carbocycles. The molecular weight excluding hydrogens is 312 g/mol. The minimum atomic E-state index is -0.0374. The summed E-state index contributed by atoms with van der Waals surface area (Å²) in [4.78, 5) is 14.8. The van der Waals surface area contributed by atoms with Crippen molar-refractivity contribution in [2.45, 2.75) is 19.9 Å². The van der Waals surface area contributed by atoms with Crippen LogP contribution in [0.4, 0.5) is 0 Å². The van der Waals surface area contributed by atoms with Crippen LogP contribution in [0.25, 0.3) is 0 Å². The van der Waals surface area contributed by atoms with Crippen LogP contribution in [-0.2, 0) is 17.8 Å². The SMILES string of the molecule is CNCC(C)C(=O)N(CCc1ccc(OC)cc1)Cc1ccccc1. The summed E-state index contributed by atoms with van der Waals surface area (Å²) in [5, 5.41) is 3.09. The van der Waals surface area contributed by atoms with Crippen molar-refractivity contribution in [2.24, 2.45) is 5.92 Å². The normalized spacial score (nSPS) is 11.8. The van der Waals surface area contributed by atoms with Crippen LogP contribution < -0.4 is 10.1 Å². The molecule has 0 aliphatic rings. The molecule has 0 saturated carbocycles. The molecule has 134 valence electrons. The summed E-state index contributed by atoms with van der Waals surface area (Å²) in [7, 11) is 3.54. The molecule has 2 aromatic rings. The molecule has 1 amide bonds. The van der Waals surface area contributed by atoms with Gasteiger partial charge in [0.05, 0.1) is 7.11 Å². The Morgan fingerprint density at radius 1 is 1.08 bits per heavy atom. The molecule has 0 spiro atoms. The lowest BCUT2D eigenvalue weighted by atomic mass is 10.1. The molecule has 0 radical (unpaired) electrons. The van der Waals surface area contributed by atoms with E-state index >= 15 is 0 Å². The Morgan fingerprint density at radius 3 is 2.36 bits per heavy atom. The zero-order valence-corrected chi connectivity index (χ0v) is 15.4. The highest BCUT2D eigenvalue weighted by Crippen LogP contribution is 2.14. The average molecular weight is 340 g/mol. The van der Waals surface area contributed by atoms with Gasteiger partial charge in [0, 0.05) is 25.6 Å². The Hall–Kier alpha value is -2.33. The lowest BCUT2D eigenvalue weighted by Crippen LogP contribution is -2.39. The van der Waals surface area contributed by atoms with E-state index in [1.165, 1.54) is 5.56 Å². The molecule has 2 rings (SSSR count). The number of rotatable bonds is 9. The quantitative estimate of drug-likeness (QED) is 0.762. The largest absolute Gasteiger partial charge is 0.497 e. The van der Waals surface area contributed by atoms with E-state index in [9.17, 15) is 4.79 Å². The second kappa shape index (κ2) is 9.84. The Balaban J connectivity index is 2.05. The number of hydrogen-bond acceptors (Lipinski definition) is 3. The number of hydrogen-bond donors (Lipinski definition) is 1. The molecule has 1 N–H and O–H groups in total. The van der Waals surface area contributed by atoms with Gasteiger partial charge in [-0.1, -0.05) is 49.4 Å². The van der Waals surface area contributed by atoms with Crippen LogP contribution in [0.15, 0.2) is 54.6 Å². The van der Waals surface area contributed by atoms with Gasteiger partial charge in [0.1, 0.15) is 5.75 Å². The van der Waals surface area contributed by atoms with Gasteiger partial charge in [0.2, 0.25) is 5.91 Å². The smallest absolute Gasteiger partial charge is 0.226 e. The first-order chi connectivity index (χ1) is 12.1. The van der Waals surface area contributed by atoms with Gasteiger partial charge in [-0.2, -0.15) is 0 Å². The van der Waals surface area contributed by atoms with Crippen molar-refractivity contribution < 1.29 is 9.53 Å². The minimum Gasteiger partial charge on any atom is -0.497 e. The number of carbonyl (C=O) groups excluding carboxylic acids is 1. The van der Waals surface area contributed by atoms with E-state index in [4.69, 9.17) is 4.74 Å². The topological polar surface area (TPSA) is 41.6 Å². The highest BCUT2D eigenvalue weighted by Gasteiger charge is 2.20. The van der Waals surface area contributed by atoms with Gasteiger partial charge in [0.25, 0.3) is 0 Å². The third kappa shape index (κ3) is 5.91. The monoisotopic (exact) mass is 340 g/mol. The van der Waals surface area contributed by atoms with Crippen LogP contribution in [0.5, 0.6) is 5.75 Å². The Labute approximate surface area is 150 Å². The number of nitrogens with zero attached hydrogens (tertiary/aromatic N) is 1. The summed E-state index contributed by atoms with van der Waals surface area (Å²) < 4.78 is 5.20. The summed E-state index contributed by atoms with van der Waals surface area (Å²) >= 11 is 0. The fourth-order valence-corrected chi connectivity index (χ4v) is 2.83. The van der Waals surface area contributed by atoms with E-state index < -0.39 is 0 Å². The Kier molecular flexibility index (Phi) is 7.48. The lowest BCUT2D eigenvalue weighted by Gasteiger charge is -2.26. The maximum Gasteiger partial charge on any atom is 0.226 e. The van der Waals surface area contributed by atoms with E-state index in [0.717, 1.165) is 17.7 Å². The van der Waals surface area contributed by atoms with Crippen molar-refractivity contribution in [2.75, 3.05) is 27.2 Å². The summed E-state index contributed by atoms with van der Waals surface area (Å²) in [5.74, 6) is 1.000. The van der Waals surface area contributed by atoms with Crippen LogP contribution in [0, 0.1) is 5.92 Å². The maximum absolute atomic E-state index is 12.8. The fraction of sp³-hybridized carbons (Fsp3) is 0.381. The van der Waals surface area contributed by atoms with E-state index in [-0.39, 0.29) is 11.8 Å². The molecule has 0 saturated heterocycles. The van der Waals surface area contributed by atoms with Crippen molar-refractivity contribution in [1.82, 2.24) is 10.2 Å². The predicted octanol–water partition coefficient (Wildman–Crippen LogP) is 3.12. The molecule has 4 heteroatoms. The molecule has 0 heterocycles. The minimum absolute atomic E-state index is 0.0374. The molecule has 0 aliphatic heterocycles. The second-order valence-electron chi connectivity index (χ2n) is 6.30. The molecule has 25 heavy (non-hydrogen) atoms. The number of amides is 1. The first-order valence-electron chi connectivity index (χ1n) is 8.74. The summed E-state index contributed by atoms with van der Waals surface area (Å²) in [5.41, 5.74) is 2.36. The zero-order chi connectivity index (χ0) is 18.1. The van der Waals surface area contributed by atoms with Crippen molar-refractivity contribution >= 4 is 5.91 Å². The van der Waals surface area contributed by atoms with E-state index in [2.05, 4.69) is 29.6 Å². The van der Waals surface area contributed by atoms with Gasteiger partial charge in [-0.15, -0.1) is 0 Å². The van der Waals surface area contributed by atoms with E-state index in [1.54, 1.807) is 7.11 Å². The summed E-state index contributed by atoms with van der Waals surface area (Å²) in [6.45, 7) is 4.01. The third-order valence-electron chi connectivity index (χ3n) is 4.29. The maximum atomic E-state index is 12.8. The van der Waals surface area contributed by atoms with Crippen LogP contribution in [0.2, 0.25) is 0 Å². The molecule has 1 unspecified atom stereocenters. The summed E-state index contributed by atoms with van der Waals surface area (Å²) in [6.07, 6.45) is 0.828. The highest BCUT2D eigenvalue weighted by atomic mass is 16.5. The number of ether oxygens (including phenoxy) is 1. The summed E-state index contributed by atoms with van der Waals surface area (Å²) in [6, 6.07) is 18.2. The molecule has 0 aliphatic carbocycles. The first kappa shape index (κ1) is 19.0. The number of carbonyl (C=O) groups is 1. The van der Waals surface area contributed by atoms with E-state index in [1.807, 2.05) is 49.2 Å². The van der Waals surface area contributed by atoms with Gasteiger partial charge in [-0.05, 0) is 36.7 Å². The first-order valence-corrected chi connectivity index (χ1v) is 8.74. The Morgan fingerprint density at radius 2 is 1.76 bits per heavy atom. The van der Waals surface area contributed by atoms with Crippen LogP contribution in [0.3, 0.4) is 0 Å². The molecule has 0 fully saturated rings. The molecule has 1 atom stereocenters. The van der Waals surface area contributed by atoms with Gasteiger partial charge in [-0.25, -0.2) is 0 Å². The predicted molar refractivity (Wildman–Crippen MR) is 102 cm³/mol. The zero-order valence-electron chi connectivity index (χ0n) is 15.4. The highest BCUT2D eigenvalue weighted by molar-refractivity contribution is 5.78. The number of nitrogens with one attached hydrogen (secondary N) is 1. The van der Waals surface area contributed by atoms with Gasteiger partial charge in [-0.3, -0.25) is 4.79 Å². The number of methoxy groups -OCH3 is 1. The lowest BCUT2D eigenvalue weighted by molar-refractivity contribution is -0.135. The van der Waals surface area contributed by atoms with Crippen LogP contribution in [0.1, 0.15) is 18.1 Å². The molecule has 4 nitrogen and oxygen atoms in total. The average Bonchev–Trinajstić information content (AvgIpc) is 2.66. The van der Waals surface area contributed by atoms with Crippen LogP contribution >= 0.6 is 0 Å². The molecule has 0 aromatic heterocycles. The van der Waals surface area contributed by atoms with E-state index in [0.29, 0.717) is 19.6 Å². The van der Waals surface area contributed by atoms with Gasteiger partial charge >= 0.3 is 0 Å². The second-order valence-corrected chi connectivity index (χ2v) is 6.30. The Bertz CT molecular complexity index is 641. The number of benzene rings is 2. The molecular formula is C21H28N2O2. The fourth-order valence-electron chi connectivity index (χ4n) is 2.83. The van der Waals surface area contributed by atoms with Gasteiger partial charge in [0.15, 0.2) is 0 Å².